The number of hydrogen-bond acceptors (Lipinski definition) is 2. The molecule has 0 radical (unpaired) electrons. The third-order valence-corrected chi connectivity index (χ3v) is 4.08. The van der Waals surface area contributed by atoms with Crippen LogP contribution in [0.2, 0.25) is 0 Å². The van der Waals surface area contributed by atoms with E-state index in [0.717, 1.165) is 38.2 Å². The molecule has 2 heteroatoms. The van der Waals surface area contributed by atoms with Crippen molar-refractivity contribution in [3.8, 4) is 5.75 Å². The summed E-state index contributed by atoms with van der Waals surface area (Å²) in [5, 5.41) is 0. The molecule has 1 aromatic carbocycles. The summed E-state index contributed by atoms with van der Waals surface area (Å²) >= 11 is 0. The fourth-order valence-electron chi connectivity index (χ4n) is 2.93. The van der Waals surface area contributed by atoms with E-state index < -0.39 is 0 Å². The highest BCUT2D eigenvalue weighted by Gasteiger charge is 2.28. The van der Waals surface area contributed by atoms with Gasteiger partial charge in [0.2, 0.25) is 0 Å². The van der Waals surface area contributed by atoms with Crippen molar-refractivity contribution >= 4 is 0 Å². The van der Waals surface area contributed by atoms with Crippen molar-refractivity contribution in [3.63, 3.8) is 0 Å². The molecule has 114 valence electrons. The van der Waals surface area contributed by atoms with E-state index in [2.05, 4.69) is 45.0 Å². The second-order valence-corrected chi connectivity index (χ2v) is 5.71. The Bertz CT molecular complexity index is 352. The van der Waals surface area contributed by atoms with Crippen LogP contribution < -0.4 is 10.5 Å². The molecule has 0 aliphatic heterocycles. The fourth-order valence-corrected chi connectivity index (χ4v) is 2.93. The minimum Gasteiger partial charge on any atom is -0.494 e. The van der Waals surface area contributed by atoms with Crippen LogP contribution in [0.15, 0.2) is 24.3 Å². The fraction of sp³-hybridized carbons (Fsp3) is 0.667. The molecule has 0 aliphatic carbocycles. The van der Waals surface area contributed by atoms with Gasteiger partial charge >= 0.3 is 0 Å². The molecule has 2 N–H and O–H groups in total. The van der Waals surface area contributed by atoms with Crippen molar-refractivity contribution in [3.05, 3.63) is 29.8 Å². The summed E-state index contributed by atoms with van der Waals surface area (Å²) in [5.74, 6) is 0.973. The molecule has 0 aliphatic rings. The van der Waals surface area contributed by atoms with E-state index in [1.54, 1.807) is 0 Å². The molecule has 20 heavy (non-hydrogen) atoms. The molecule has 0 unspecified atom stereocenters. The summed E-state index contributed by atoms with van der Waals surface area (Å²) in [4.78, 5) is 0. The first-order valence-electron chi connectivity index (χ1n) is 8.15. The maximum Gasteiger partial charge on any atom is 0.119 e. The molecule has 0 fully saturated rings. The third kappa shape index (κ3) is 4.52. The van der Waals surface area contributed by atoms with Crippen molar-refractivity contribution in [1.29, 1.82) is 0 Å². The topological polar surface area (TPSA) is 35.2 Å². The lowest BCUT2D eigenvalue weighted by molar-refractivity contribution is 0.308. The Morgan fingerprint density at radius 1 is 0.950 bits per heavy atom. The highest BCUT2D eigenvalue weighted by Crippen LogP contribution is 2.34. The highest BCUT2D eigenvalue weighted by atomic mass is 16.5. The third-order valence-electron chi connectivity index (χ3n) is 4.08. The Hall–Kier alpha value is -1.02. The minimum atomic E-state index is 0.144. The monoisotopic (exact) mass is 277 g/mol. The summed E-state index contributed by atoms with van der Waals surface area (Å²) in [6.07, 6.45) is 6.94. The predicted octanol–water partition coefficient (Wildman–Crippen LogP) is 4.66. The SMILES string of the molecule is CCCCOc1ccc(C(CN)(CCC)CCC)cc1. The lowest BCUT2D eigenvalue weighted by atomic mass is 9.73. The normalized spacial score (nSPS) is 11.6. The van der Waals surface area contributed by atoms with Crippen molar-refractivity contribution in [2.24, 2.45) is 5.73 Å². The van der Waals surface area contributed by atoms with E-state index in [4.69, 9.17) is 10.5 Å². The molecule has 0 saturated carbocycles. The molecule has 0 spiro atoms. The molecule has 0 saturated heterocycles. The number of unbranched alkanes of at least 4 members (excludes halogenated alkanes) is 1. The average Bonchev–Trinajstić information content (AvgIpc) is 2.48. The molecule has 0 bridgehead atoms. The summed E-state index contributed by atoms with van der Waals surface area (Å²) in [5.41, 5.74) is 7.63. The zero-order valence-corrected chi connectivity index (χ0v) is 13.5. The minimum absolute atomic E-state index is 0.144. The Morgan fingerprint density at radius 3 is 2.00 bits per heavy atom. The number of hydrogen-bond donors (Lipinski definition) is 1. The van der Waals surface area contributed by atoms with Crippen molar-refractivity contribution in [2.75, 3.05) is 13.2 Å². The number of ether oxygens (including phenoxy) is 1. The van der Waals surface area contributed by atoms with Crippen molar-refractivity contribution in [2.45, 2.75) is 64.7 Å². The Kier molecular flexibility index (Phi) is 7.68. The van der Waals surface area contributed by atoms with Gasteiger partial charge in [-0.15, -0.1) is 0 Å². The van der Waals surface area contributed by atoms with Gasteiger partial charge in [-0.25, -0.2) is 0 Å². The van der Waals surface area contributed by atoms with Crippen molar-refractivity contribution < 1.29 is 4.74 Å². The molecule has 2 nitrogen and oxygen atoms in total. The average molecular weight is 277 g/mol. The van der Waals surface area contributed by atoms with E-state index in [1.807, 2.05) is 0 Å². The standard InChI is InChI=1S/C18H31NO/c1-4-7-14-20-17-10-8-16(9-11-17)18(15-19,12-5-2)13-6-3/h8-11H,4-7,12-15,19H2,1-3H3. The van der Waals surface area contributed by atoms with Gasteiger partial charge in [0.1, 0.15) is 5.75 Å². The van der Waals surface area contributed by atoms with Gasteiger partial charge in [0, 0.05) is 12.0 Å². The first-order chi connectivity index (χ1) is 9.72. The first-order valence-corrected chi connectivity index (χ1v) is 8.15. The van der Waals surface area contributed by atoms with Gasteiger partial charge in [0.25, 0.3) is 0 Å². The summed E-state index contributed by atoms with van der Waals surface area (Å²) in [6.45, 7) is 8.19. The van der Waals surface area contributed by atoms with Crippen LogP contribution in [0, 0.1) is 0 Å². The lowest BCUT2D eigenvalue weighted by Crippen LogP contribution is -2.35. The second-order valence-electron chi connectivity index (χ2n) is 5.71. The van der Waals surface area contributed by atoms with Crippen LogP contribution in [0.5, 0.6) is 5.75 Å². The largest absolute Gasteiger partial charge is 0.494 e. The molecule has 0 atom stereocenters. The predicted molar refractivity (Wildman–Crippen MR) is 87.4 cm³/mol. The van der Waals surface area contributed by atoms with Crippen LogP contribution >= 0.6 is 0 Å². The van der Waals surface area contributed by atoms with Gasteiger partial charge in [-0.1, -0.05) is 52.2 Å². The smallest absolute Gasteiger partial charge is 0.119 e. The van der Waals surface area contributed by atoms with E-state index in [1.165, 1.54) is 24.8 Å². The van der Waals surface area contributed by atoms with E-state index in [-0.39, 0.29) is 5.41 Å². The van der Waals surface area contributed by atoms with E-state index in [9.17, 15) is 0 Å². The van der Waals surface area contributed by atoms with Crippen LogP contribution in [0.1, 0.15) is 64.9 Å². The van der Waals surface area contributed by atoms with Crippen LogP contribution in [-0.4, -0.2) is 13.2 Å². The highest BCUT2D eigenvalue weighted by molar-refractivity contribution is 5.33. The Labute approximate surface area is 124 Å². The van der Waals surface area contributed by atoms with Crippen LogP contribution in [-0.2, 0) is 5.41 Å². The van der Waals surface area contributed by atoms with Crippen LogP contribution in [0.25, 0.3) is 0 Å². The maximum atomic E-state index is 6.12. The molecular formula is C18H31NO. The van der Waals surface area contributed by atoms with Crippen LogP contribution in [0.3, 0.4) is 0 Å². The zero-order chi connectivity index (χ0) is 14.8. The maximum absolute atomic E-state index is 6.12. The second kappa shape index (κ2) is 9.02. The van der Waals surface area contributed by atoms with Gasteiger partial charge in [-0.2, -0.15) is 0 Å². The summed E-state index contributed by atoms with van der Waals surface area (Å²) < 4.78 is 5.74. The Balaban J connectivity index is 2.81. The summed E-state index contributed by atoms with van der Waals surface area (Å²) in [7, 11) is 0. The molecule has 1 rings (SSSR count). The van der Waals surface area contributed by atoms with Gasteiger partial charge in [-0.3, -0.25) is 0 Å². The molecule has 0 heterocycles. The zero-order valence-electron chi connectivity index (χ0n) is 13.5. The number of rotatable bonds is 10. The van der Waals surface area contributed by atoms with E-state index in [0.29, 0.717) is 0 Å². The van der Waals surface area contributed by atoms with Gasteiger partial charge < -0.3 is 10.5 Å². The van der Waals surface area contributed by atoms with Gasteiger partial charge in [-0.05, 0) is 37.0 Å². The van der Waals surface area contributed by atoms with Crippen LogP contribution in [0.4, 0.5) is 0 Å². The molecular weight excluding hydrogens is 246 g/mol. The molecule has 1 aromatic rings. The molecule has 0 aromatic heterocycles. The Morgan fingerprint density at radius 2 is 1.55 bits per heavy atom. The summed E-state index contributed by atoms with van der Waals surface area (Å²) in [6, 6.07) is 8.61. The van der Waals surface area contributed by atoms with Crippen molar-refractivity contribution in [1.82, 2.24) is 0 Å². The number of nitrogens with two attached hydrogens (primary N) is 1. The quantitative estimate of drug-likeness (QED) is 0.631. The lowest BCUT2D eigenvalue weighted by Gasteiger charge is -2.33. The molecule has 0 amide bonds. The first kappa shape index (κ1) is 17.0. The number of benzene rings is 1. The van der Waals surface area contributed by atoms with E-state index >= 15 is 0 Å². The van der Waals surface area contributed by atoms with Gasteiger partial charge in [0.15, 0.2) is 0 Å². The van der Waals surface area contributed by atoms with Gasteiger partial charge in [0.05, 0.1) is 6.61 Å².